The zero-order valence-corrected chi connectivity index (χ0v) is 21.8. The van der Waals surface area contributed by atoms with Crippen LogP contribution in [0.15, 0.2) is 60.7 Å². The summed E-state index contributed by atoms with van der Waals surface area (Å²) in [4.78, 5) is 26.5. The molecule has 1 heterocycles. The van der Waals surface area contributed by atoms with Gasteiger partial charge in [0.05, 0.1) is 6.10 Å². The van der Waals surface area contributed by atoms with E-state index < -0.39 is 29.5 Å². The van der Waals surface area contributed by atoms with Crippen molar-refractivity contribution in [2.75, 3.05) is 6.61 Å². The number of ether oxygens (including phenoxy) is 1. The van der Waals surface area contributed by atoms with Gasteiger partial charge < -0.3 is 25.4 Å². The summed E-state index contributed by atoms with van der Waals surface area (Å²) in [6.07, 6.45) is 7.47. The third-order valence-corrected chi connectivity index (χ3v) is 8.61. The number of allylic oxidation sites excluding steroid dienone is 2. The lowest BCUT2D eigenvalue weighted by Gasteiger charge is -2.52. The van der Waals surface area contributed by atoms with Crippen LogP contribution in [0.5, 0.6) is 5.75 Å². The summed E-state index contributed by atoms with van der Waals surface area (Å²) < 4.78 is 5.91. The Morgan fingerprint density at radius 2 is 2.00 bits per heavy atom. The van der Waals surface area contributed by atoms with E-state index in [4.69, 9.17) is 4.74 Å². The van der Waals surface area contributed by atoms with E-state index in [1.54, 1.807) is 18.2 Å². The molecule has 2 aliphatic carbocycles. The van der Waals surface area contributed by atoms with Gasteiger partial charge in [-0.15, -0.1) is 0 Å². The number of aliphatic hydroxyl groups excluding tert-OH is 2. The highest BCUT2D eigenvalue weighted by atomic mass is 16.5. The van der Waals surface area contributed by atoms with Gasteiger partial charge in [0, 0.05) is 31.4 Å². The first-order valence-corrected chi connectivity index (χ1v) is 13.2. The Morgan fingerprint density at radius 3 is 2.68 bits per heavy atom. The summed E-state index contributed by atoms with van der Waals surface area (Å²) in [5.74, 6) is -1.77. The van der Waals surface area contributed by atoms with Crippen LogP contribution in [0.4, 0.5) is 0 Å². The van der Waals surface area contributed by atoms with Crippen molar-refractivity contribution in [3.63, 3.8) is 0 Å². The molecule has 0 bridgehead atoms. The second-order valence-electron chi connectivity index (χ2n) is 11.1. The fourth-order valence-electron chi connectivity index (χ4n) is 6.92. The number of rotatable bonds is 4. The first kappa shape index (κ1) is 27.1. The van der Waals surface area contributed by atoms with Crippen molar-refractivity contribution in [3.8, 4) is 5.75 Å². The van der Waals surface area contributed by atoms with Gasteiger partial charge in [0.15, 0.2) is 0 Å². The predicted octanol–water partition coefficient (Wildman–Crippen LogP) is 3.30. The summed E-state index contributed by atoms with van der Waals surface area (Å²) in [7, 11) is 0. The summed E-state index contributed by atoms with van der Waals surface area (Å²) in [5, 5.41) is 34.6. The summed E-state index contributed by atoms with van der Waals surface area (Å²) >= 11 is 0. The smallest absolute Gasteiger partial charge is 0.303 e. The van der Waals surface area contributed by atoms with Crippen LogP contribution < -0.4 is 5.32 Å². The molecule has 0 radical (unpaired) electrons. The fourth-order valence-corrected chi connectivity index (χ4v) is 6.92. The first-order chi connectivity index (χ1) is 17.6. The van der Waals surface area contributed by atoms with Crippen LogP contribution in [0.1, 0.15) is 39.2 Å². The number of phenols is 1. The minimum Gasteiger partial charge on any atom is -0.508 e. The van der Waals surface area contributed by atoms with Crippen molar-refractivity contribution in [3.05, 3.63) is 66.3 Å². The van der Waals surface area contributed by atoms with Gasteiger partial charge in [-0.2, -0.15) is 0 Å². The molecular formula is C30H39NO6. The largest absolute Gasteiger partial charge is 0.508 e. The van der Waals surface area contributed by atoms with E-state index in [0.717, 1.165) is 12.0 Å². The molecule has 9 atom stereocenters. The number of aliphatic hydroxyl groups is 2. The van der Waals surface area contributed by atoms with Crippen molar-refractivity contribution >= 4 is 11.9 Å². The number of esters is 1. The Balaban J connectivity index is 1.89. The van der Waals surface area contributed by atoms with Gasteiger partial charge in [-0.05, 0) is 66.4 Å². The molecule has 1 saturated carbocycles. The normalized spacial score (nSPS) is 39.5. The minimum absolute atomic E-state index is 0.0340. The van der Waals surface area contributed by atoms with Crippen LogP contribution >= 0.6 is 0 Å². The summed E-state index contributed by atoms with van der Waals surface area (Å²) in [6, 6.07) is 6.63. The van der Waals surface area contributed by atoms with Crippen LogP contribution in [0.2, 0.25) is 0 Å². The Bertz CT molecular complexity index is 1100. The Hall–Kier alpha value is -2.90. The molecule has 7 heteroatoms. The number of amides is 1. The van der Waals surface area contributed by atoms with Gasteiger partial charge in [-0.3, -0.25) is 9.59 Å². The fraction of sp³-hybridized carbons (Fsp3) is 0.533. The van der Waals surface area contributed by atoms with E-state index in [2.05, 4.69) is 11.9 Å². The van der Waals surface area contributed by atoms with Gasteiger partial charge in [-0.1, -0.05) is 50.8 Å². The lowest BCUT2D eigenvalue weighted by atomic mass is 9.51. The molecule has 37 heavy (non-hydrogen) atoms. The Kier molecular flexibility index (Phi) is 7.95. The molecular weight excluding hydrogens is 470 g/mol. The van der Waals surface area contributed by atoms with Crippen LogP contribution in [-0.2, 0) is 20.7 Å². The molecule has 1 aromatic carbocycles. The molecule has 3 aliphatic rings. The second kappa shape index (κ2) is 10.8. The highest BCUT2D eigenvalue weighted by Crippen LogP contribution is 2.58. The monoisotopic (exact) mass is 509 g/mol. The van der Waals surface area contributed by atoms with E-state index in [-0.39, 0.29) is 48.0 Å². The van der Waals surface area contributed by atoms with Crippen molar-refractivity contribution in [1.29, 1.82) is 0 Å². The van der Waals surface area contributed by atoms with E-state index in [1.165, 1.54) is 6.92 Å². The molecule has 1 saturated heterocycles. The Morgan fingerprint density at radius 1 is 1.24 bits per heavy atom. The number of benzene rings is 1. The molecule has 4 rings (SSSR count). The van der Waals surface area contributed by atoms with E-state index >= 15 is 0 Å². The lowest BCUT2D eigenvalue weighted by molar-refractivity contribution is -0.166. The quantitative estimate of drug-likeness (QED) is 0.366. The highest BCUT2D eigenvalue weighted by molar-refractivity contribution is 5.89. The van der Waals surface area contributed by atoms with Crippen LogP contribution in [0.3, 0.4) is 0 Å². The SMILES string of the molecule is C=C1[C@@H](C)[C@H]2[C@H](Cc3cccc(O)c3)NC(=O)[C@]23C(OC(C)=O)/C=C/[C@@H](C)C[C@@H](CO)C/C=C/[C@H]3[C@@H]1O. The number of hydrogen-bond acceptors (Lipinski definition) is 6. The zero-order chi connectivity index (χ0) is 26.9. The Labute approximate surface area is 218 Å². The molecule has 7 nitrogen and oxygen atoms in total. The van der Waals surface area contributed by atoms with Crippen LogP contribution in [0, 0.1) is 35.0 Å². The molecule has 2 fully saturated rings. The first-order valence-electron chi connectivity index (χ1n) is 13.2. The van der Waals surface area contributed by atoms with E-state index in [9.17, 15) is 24.9 Å². The average molecular weight is 510 g/mol. The standard InChI is InChI=1S/C30H39NO6/c1-17-11-12-26(37-20(4)33)30-24(10-6-8-22(13-17)16-32)28(35)19(3)18(2)27(30)25(31-29(30)36)15-21-7-5-9-23(34)14-21/h5-7,9-12,14,17-18,22,24-28,32,34-35H,3,8,13,15-16H2,1-2,4H3,(H,31,36)/b10-6+,12-11+/t17-,18-,22+,24+,25+,26?,27+,28-,30-/m1/s1. The molecule has 1 aliphatic heterocycles. The predicted molar refractivity (Wildman–Crippen MR) is 140 cm³/mol. The van der Waals surface area contributed by atoms with Crippen molar-refractivity contribution in [2.24, 2.45) is 35.0 Å². The molecule has 4 N–H and O–H groups in total. The maximum Gasteiger partial charge on any atom is 0.303 e. The maximum absolute atomic E-state index is 14.2. The third kappa shape index (κ3) is 4.99. The third-order valence-electron chi connectivity index (χ3n) is 8.61. The molecule has 0 aromatic heterocycles. The van der Waals surface area contributed by atoms with Gasteiger partial charge in [0.1, 0.15) is 17.3 Å². The van der Waals surface area contributed by atoms with Gasteiger partial charge in [0.2, 0.25) is 5.91 Å². The topological polar surface area (TPSA) is 116 Å². The highest BCUT2D eigenvalue weighted by Gasteiger charge is 2.68. The molecule has 1 spiro atoms. The number of aromatic hydroxyl groups is 1. The van der Waals surface area contributed by atoms with E-state index in [0.29, 0.717) is 18.4 Å². The molecule has 200 valence electrons. The molecule has 1 unspecified atom stereocenters. The van der Waals surface area contributed by atoms with Crippen molar-refractivity contribution in [2.45, 2.75) is 58.3 Å². The summed E-state index contributed by atoms with van der Waals surface area (Å²) in [5.41, 5.74) is 0.244. The average Bonchev–Trinajstić information content (AvgIpc) is 3.12. The molecule has 1 aromatic rings. The number of hydrogen-bond donors (Lipinski definition) is 4. The molecule has 1 amide bonds. The maximum atomic E-state index is 14.2. The zero-order valence-electron chi connectivity index (χ0n) is 21.8. The summed E-state index contributed by atoms with van der Waals surface area (Å²) in [6.45, 7) is 9.60. The van der Waals surface area contributed by atoms with E-state index in [1.807, 2.05) is 44.2 Å². The van der Waals surface area contributed by atoms with Crippen LogP contribution in [0.25, 0.3) is 0 Å². The van der Waals surface area contributed by atoms with Crippen molar-refractivity contribution in [1.82, 2.24) is 5.32 Å². The van der Waals surface area contributed by atoms with Crippen LogP contribution in [-0.4, -0.2) is 52.1 Å². The lowest BCUT2D eigenvalue weighted by Crippen LogP contribution is -2.60. The van der Waals surface area contributed by atoms with Gasteiger partial charge in [0.25, 0.3) is 0 Å². The second-order valence-corrected chi connectivity index (χ2v) is 11.1. The number of phenolic OH excluding ortho intramolecular Hbond substituents is 1. The van der Waals surface area contributed by atoms with Gasteiger partial charge >= 0.3 is 5.97 Å². The number of nitrogens with one attached hydrogen (secondary N) is 1. The number of carbonyl (C=O) groups is 2. The number of carbonyl (C=O) groups excluding carboxylic acids is 2. The van der Waals surface area contributed by atoms with Crippen molar-refractivity contribution < 1.29 is 29.6 Å². The van der Waals surface area contributed by atoms with Gasteiger partial charge in [-0.25, -0.2) is 0 Å². The minimum atomic E-state index is -1.26.